The third kappa shape index (κ3) is 4.89. The van der Waals surface area contributed by atoms with Crippen LogP contribution in [0, 0.1) is 5.41 Å². The molecule has 0 saturated heterocycles. The zero-order chi connectivity index (χ0) is 9.56. The van der Waals surface area contributed by atoms with E-state index in [0.29, 0.717) is 5.71 Å². The molecule has 0 saturated carbocycles. The van der Waals surface area contributed by atoms with Crippen molar-refractivity contribution >= 4 is 5.71 Å². The van der Waals surface area contributed by atoms with Gasteiger partial charge >= 0.3 is 0 Å². The van der Waals surface area contributed by atoms with Crippen molar-refractivity contribution in [1.82, 2.24) is 0 Å². The summed E-state index contributed by atoms with van der Waals surface area (Å²) in [4.78, 5) is 0. The van der Waals surface area contributed by atoms with Crippen molar-refractivity contribution in [2.24, 2.45) is 0 Å². The summed E-state index contributed by atoms with van der Waals surface area (Å²) >= 11 is 0. The molecule has 0 aromatic rings. The summed E-state index contributed by atoms with van der Waals surface area (Å²) in [5, 5.41) is 7.35. The largest absolute Gasteiger partial charge is 0.305 e. The van der Waals surface area contributed by atoms with E-state index < -0.39 is 0 Å². The highest BCUT2D eigenvalue weighted by atomic mass is 14.4. The Morgan fingerprint density at radius 1 is 1.25 bits per heavy atom. The van der Waals surface area contributed by atoms with E-state index in [0.717, 1.165) is 19.3 Å². The van der Waals surface area contributed by atoms with Crippen LogP contribution < -0.4 is 0 Å². The molecule has 1 heteroatoms. The monoisotopic (exact) mass is 165 g/mol. The van der Waals surface area contributed by atoms with Crippen LogP contribution in [0.5, 0.6) is 0 Å². The molecule has 0 atom stereocenters. The Balaban J connectivity index is 3.64. The van der Waals surface area contributed by atoms with Gasteiger partial charge in [-0.25, -0.2) is 0 Å². The summed E-state index contributed by atoms with van der Waals surface area (Å²) in [5.74, 6) is 0. The van der Waals surface area contributed by atoms with Crippen LogP contribution in [0.4, 0.5) is 0 Å². The standard InChI is InChI=1S/C11H19N/c1-5-11(12)8-6-7-10(4)9(2)3/h5,12H,1,6-8H2,2-4H3. The lowest BCUT2D eigenvalue weighted by Gasteiger charge is -2.02. The molecule has 1 N–H and O–H groups in total. The van der Waals surface area contributed by atoms with E-state index in [2.05, 4.69) is 27.4 Å². The first-order valence-corrected chi connectivity index (χ1v) is 4.40. The summed E-state index contributed by atoms with van der Waals surface area (Å²) in [6.45, 7) is 9.98. The molecule has 0 bridgehead atoms. The fourth-order valence-corrected chi connectivity index (χ4v) is 0.896. The second kappa shape index (κ2) is 5.76. The molecule has 0 aliphatic rings. The Kier molecular flexibility index (Phi) is 5.35. The zero-order valence-corrected chi connectivity index (χ0v) is 8.41. The van der Waals surface area contributed by atoms with Crippen LogP contribution in [-0.4, -0.2) is 5.71 Å². The first kappa shape index (κ1) is 11.2. The van der Waals surface area contributed by atoms with Gasteiger partial charge in [-0.05, 0) is 46.1 Å². The number of allylic oxidation sites excluding steroid dienone is 3. The van der Waals surface area contributed by atoms with E-state index in [1.807, 2.05) is 0 Å². The summed E-state index contributed by atoms with van der Waals surface area (Å²) in [6, 6.07) is 0. The van der Waals surface area contributed by atoms with Crippen LogP contribution in [0.25, 0.3) is 0 Å². The van der Waals surface area contributed by atoms with Gasteiger partial charge in [-0.2, -0.15) is 0 Å². The Bertz CT molecular complexity index is 195. The van der Waals surface area contributed by atoms with Gasteiger partial charge in [0.05, 0.1) is 0 Å². The van der Waals surface area contributed by atoms with E-state index in [-0.39, 0.29) is 0 Å². The highest BCUT2D eigenvalue weighted by Gasteiger charge is 1.94. The average molecular weight is 165 g/mol. The van der Waals surface area contributed by atoms with Crippen molar-refractivity contribution in [2.75, 3.05) is 0 Å². The summed E-state index contributed by atoms with van der Waals surface area (Å²) < 4.78 is 0. The van der Waals surface area contributed by atoms with Crippen LogP contribution in [0.1, 0.15) is 40.0 Å². The molecule has 0 heterocycles. The summed E-state index contributed by atoms with van der Waals surface area (Å²) in [5.41, 5.74) is 3.50. The molecule has 12 heavy (non-hydrogen) atoms. The molecule has 0 fully saturated rings. The number of hydrogen-bond acceptors (Lipinski definition) is 1. The minimum atomic E-state index is 0.650. The normalized spacial score (nSPS) is 9.25. The zero-order valence-electron chi connectivity index (χ0n) is 8.41. The van der Waals surface area contributed by atoms with Crippen molar-refractivity contribution in [2.45, 2.75) is 40.0 Å². The Labute approximate surface area is 75.7 Å². The molecule has 0 radical (unpaired) electrons. The van der Waals surface area contributed by atoms with Crippen molar-refractivity contribution in [3.05, 3.63) is 23.8 Å². The smallest absolute Gasteiger partial charge is 0.0308 e. The fourth-order valence-electron chi connectivity index (χ4n) is 0.896. The van der Waals surface area contributed by atoms with Gasteiger partial charge in [0, 0.05) is 5.71 Å². The third-order valence-electron chi connectivity index (χ3n) is 2.10. The highest BCUT2D eigenvalue weighted by molar-refractivity contribution is 5.91. The summed E-state index contributed by atoms with van der Waals surface area (Å²) in [6.07, 6.45) is 4.66. The number of nitrogens with one attached hydrogen (secondary N) is 1. The van der Waals surface area contributed by atoms with Gasteiger partial charge in [0.25, 0.3) is 0 Å². The molecule has 0 rings (SSSR count). The fraction of sp³-hybridized carbons (Fsp3) is 0.545. The SMILES string of the molecule is C=CC(=N)CCCC(C)=C(C)C. The number of rotatable bonds is 5. The van der Waals surface area contributed by atoms with Crippen LogP contribution in [0.3, 0.4) is 0 Å². The maximum atomic E-state index is 7.35. The van der Waals surface area contributed by atoms with Gasteiger partial charge in [0.15, 0.2) is 0 Å². The second-order valence-electron chi connectivity index (χ2n) is 3.36. The van der Waals surface area contributed by atoms with Crippen molar-refractivity contribution in [3.63, 3.8) is 0 Å². The minimum absolute atomic E-state index is 0.650. The predicted molar refractivity (Wildman–Crippen MR) is 55.8 cm³/mol. The Hall–Kier alpha value is -0.850. The maximum Gasteiger partial charge on any atom is 0.0308 e. The van der Waals surface area contributed by atoms with Crippen molar-refractivity contribution in [1.29, 1.82) is 5.41 Å². The van der Waals surface area contributed by atoms with E-state index in [4.69, 9.17) is 5.41 Å². The molecule has 0 aliphatic carbocycles. The predicted octanol–water partition coefficient (Wildman–Crippen LogP) is 3.72. The summed E-state index contributed by atoms with van der Waals surface area (Å²) in [7, 11) is 0. The van der Waals surface area contributed by atoms with Gasteiger partial charge in [-0.15, -0.1) is 0 Å². The van der Waals surface area contributed by atoms with Crippen LogP contribution in [0.15, 0.2) is 23.8 Å². The van der Waals surface area contributed by atoms with Crippen LogP contribution >= 0.6 is 0 Å². The first-order valence-electron chi connectivity index (χ1n) is 4.40. The van der Waals surface area contributed by atoms with E-state index in [1.165, 1.54) is 11.1 Å². The minimum Gasteiger partial charge on any atom is -0.305 e. The van der Waals surface area contributed by atoms with E-state index >= 15 is 0 Å². The Morgan fingerprint density at radius 2 is 1.83 bits per heavy atom. The lowest BCUT2D eigenvalue weighted by molar-refractivity contribution is 0.842. The molecule has 0 amide bonds. The molecular weight excluding hydrogens is 146 g/mol. The quantitative estimate of drug-likeness (QED) is 0.474. The maximum absolute atomic E-state index is 7.35. The number of hydrogen-bond donors (Lipinski definition) is 1. The molecule has 1 nitrogen and oxygen atoms in total. The Morgan fingerprint density at radius 3 is 2.25 bits per heavy atom. The van der Waals surface area contributed by atoms with Gasteiger partial charge in [0.1, 0.15) is 0 Å². The molecule has 0 aromatic carbocycles. The van der Waals surface area contributed by atoms with Gasteiger partial charge in [0.2, 0.25) is 0 Å². The molecule has 0 aromatic heterocycles. The highest BCUT2D eigenvalue weighted by Crippen LogP contribution is 2.11. The van der Waals surface area contributed by atoms with Gasteiger partial charge < -0.3 is 5.41 Å². The van der Waals surface area contributed by atoms with E-state index in [9.17, 15) is 0 Å². The topological polar surface area (TPSA) is 23.9 Å². The van der Waals surface area contributed by atoms with Crippen LogP contribution in [0.2, 0.25) is 0 Å². The molecule has 68 valence electrons. The lowest BCUT2D eigenvalue weighted by Crippen LogP contribution is -1.91. The molecule has 0 spiro atoms. The third-order valence-corrected chi connectivity index (χ3v) is 2.10. The first-order chi connectivity index (χ1) is 5.57. The molecular formula is C11H19N. The second-order valence-corrected chi connectivity index (χ2v) is 3.36. The van der Waals surface area contributed by atoms with E-state index in [1.54, 1.807) is 6.08 Å². The van der Waals surface area contributed by atoms with Crippen LogP contribution in [-0.2, 0) is 0 Å². The van der Waals surface area contributed by atoms with Crippen molar-refractivity contribution in [3.8, 4) is 0 Å². The van der Waals surface area contributed by atoms with Gasteiger partial charge in [-0.1, -0.05) is 17.7 Å². The van der Waals surface area contributed by atoms with Gasteiger partial charge in [-0.3, -0.25) is 0 Å². The lowest BCUT2D eigenvalue weighted by atomic mass is 10.0. The molecule has 0 unspecified atom stereocenters. The average Bonchev–Trinajstić information content (AvgIpc) is 2.03. The molecule has 0 aliphatic heterocycles. The van der Waals surface area contributed by atoms with Crippen molar-refractivity contribution < 1.29 is 0 Å².